The van der Waals surface area contributed by atoms with E-state index in [4.69, 9.17) is 16.3 Å². The van der Waals surface area contributed by atoms with Gasteiger partial charge in [-0.3, -0.25) is 9.69 Å². The highest BCUT2D eigenvalue weighted by atomic mass is 35.5. The van der Waals surface area contributed by atoms with E-state index in [0.29, 0.717) is 23.4 Å². The van der Waals surface area contributed by atoms with Crippen LogP contribution >= 0.6 is 11.6 Å². The summed E-state index contributed by atoms with van der Waals surface area (Å²) in [7, 11) is 4.20. The van der Waals surface area contributed by atoms with Gasteiger partial charge in [0.25, 0.3) is 5.91 Å². The van der Waals surface area contributed by atoms with Crippen molar-refractivity contribution in [1.29, 1.82) is 0 Å². The largest absolute Gasteiger partial charge is 0.483 e. The lowest BCUT2D eigenvalue weighted by Crippen LogP contribution is -2.54. The minimum Gasteiger partial charge on any atom is -0.483 e. The van der Waals surface area contributed by atoms with E-state index >= 15 is 0 Å². The van der Waals surface area contributed by atoms with Crippen molar-refractivity contribution >= 4 is 17.5 Å². The molecule has 0 saturated carbocycles. The molecule has 0 aromatic heterocycles. The van der Waals surface area contributed by atoms with Gasteiger partial charge in [-0.25, -0.2) is 0 Å². The normalized spacial score (nSPS) is 19.9. The van der Waals surface area contributed by atoms with Gasteiger partial charge < -0.3 is 15.0 Å². The molecular formula is C16H24ClN3O2. The highest BCUT2D eigenvalue weighted by molar-refractivity contribution is 6.31. The zero-order valence-electron chi connectivity index (χ0n) is 13.4. The van der Waals surface area contributed by atoms with Crippen LogP contribution in [0.1, 0.15) is 5.56 Å². The Labute approximate surface area is 137 Å². The molecule has 1 unspecified atom stereocenters. The molecule has 6 heteroatoms. The van der Waals surface area contributed by atoms with Crippen LogP contribution in [0.15, 0.2) is 18.2 Å². The number of amides is 1. The van der Waals surface area contributed by atoms with Crippen molar-refractivity contribution in [3.8, 4) is 5.75 Å². The Hall–Kier alpha value is -1.30. The van der Waals surface area contributed by atoms with Gasteiger partial charge in [-0.1, -0.05) is 17.7 Å². The van der Waals surface area contributed by atoms with E-state index in [2.05, 4.69) is 29.2 Å². The molecule has 1 atom stereocenters. The van der Waals surface area contributed by atoms with Crippen LogP contribution in [0.5, 0.6) is 5.75 Å². The van der Waals surface area contributed by atoms with Crippen molar-refractivity contribution in [1.82, 2.24) is 15.1 Å². The number of piperazine rings is 1. The first-order valence-corrected chi connectivity index (χ1v) is 7.88. The van der Waals surface area contributed by atoms with Gasteiger partial charge in [-0.2, -0.15) is 0 Å². The van der Waals surface area contributed by atoms with Gasteiger partial charge in [0.05, 0.1) is 0 Å². The topological polar surface area (TPSA) is 44.8 Å². The van der Waals surface area contributed by atoms with E-state index in [9.17, 15) is 4.79 Å². The fourth-order valence-electron chi connectivity index (χ4n) is 2.49. The fraction of sp³-hybridized carbons (Fsp3) is 0.562. The van der Waals surface area contributed by atoms with E-state index in [1.54, 1.807) is 6.07 Å². The van der Waals surface area contributed by atoms with Gasteiger partial charge >= 0.3 is 0 Å². The molecular weight excluding hydrogens is 302 g/mol. The van der Waals surface area contributed by atoms with Crippen LogP contribution in [0.2, 0.25) is 5.02 Å². The highest BCUT2D eigenvalue weighted by Gasteiger charge is 2.22. The van der Waals surface area contributed by atoms with Gasteiger partial charge in [-0.15, -0.1) is 0 Å². The maximum absolute atomic E-state index is 11.9. The Morgan fingerprint density at radius 2 is 2.18 bits per heavy atom. The smallest absolute Gasteiger partial charge is 0.257 e. The minimum absolute atomic E-state index is 0.00740. The second kappa shape index (κ2) is 7.81. The second-order valence-electron chi connectivity index (χ2n) is 5.85. The summed E-state index contributed by atoms with van der Waals surface area (Å²) in [5.41, 5.74) is 0.852. The number of hydrogen-bond donors (Lipinski definition) is 1. The third kappa shape index (κ3) is 4.60. The maximum Gasteiger partial charge on any atom is 0.257 e. The Morgan fingerprint density at radius 1 is 1.41 bits per heavy atom. The van der Waals surface area contributed by atoms with Gasteiger partial charge in [0.15, 0.2) is 6.61 Å². The average Bonchev–Trinajstić information content (AvgIpc) is 2.49. The van der Waals surface area contributed by atoms with Crippen molar-refractivity contribution in [2.24, 2.45) is 0 Å². The molecule has 1 aromatic rings. The van der Waals surface area contributed by atoms with Gasteiger partial charge in [0.1, 0.15) is 5.75 Å². The molecule has 1 fully saturated rings. The monoisotopic (exact) mass is 325 g/mol. The van der Waals surface area contributed by atoms with Gasteiger partial charge in [-0.05, 0) is 33.2 Å². The standard InChI is InChI=1S/C16H24ClN3O2/c1-12-14(17)5-4-6-15(12)22-11-16(21)18-9-13-10-19(2)7-8-20(13)3/h4-6,13H,7-11H2,1-3H3,(H,18,21). The predicted molar refractivity (Wildman–Crippen MR) is 88.6 cm³/mol. The second-order valence-corrected chi connectivity index (χ2v) is 6.26. The van der Waals surface area contributed by atoms with Crippen LogP contribution < -0.4 is 10.1 Å². The maximum atomic E-state index is 11.9. The summed E-state index contributed by atoms with van der Waals surface area (Å²) in [6.45, 7) is 5.58. The van der Waals surface area contributed by atoms with Crippen LogP contribution in [0.4, 0.5) is 0 Å². The molecule has 0 bridgehead atoms. The first-order chi connectivity index (χ1) is 10.5. The Morgan fingerprint density at radius 3 is 2.95 bits per heavy atom. The number of hydrogen-bond acceptors (Lipinski definition) is 4. The molecule has 0 spiro atoms. The van der Waals surface area contributed by atoms with E-state index in [0.717, 1.165) is 25.2 Å². The summed E-state index contributed by atoms with van der Waals surface area (Å²) in [6.07, 6.45) is 0. The quantitative estimate of drug-likeness (QED) is 0.888. The predicted octanol–water partition coefficient (Wildman–Crippen LogP) is 1.39. The third-order valence-corrected chi connectivity index (χ3v) is 4.50. The molecule has 0 aliphatic carbocycles. The molecule has 2 rings (SSSR count). The Kier molecular flexibility index (Phi) is 6.06. The van der Waals surface area contributed by atoms with E-state index in [-0.39, 0.29) is 12.5 Å². The van der Waals surface area contributed by atoms with Crippen molar-refractivity contribution in [3.05, 3.63) is 28.8 Å². The lowest BCUT2D eigenvalue weighted by molar-refractivity contribution is -0.123. The minimum atomic E-state index is -0.110. The van der Waals surface area contributed by atoms with Crippen LogP contribution in [-0.4, -0.2) is 68.6 Å². The summed E-state index contributed by atoms with van der Waals surface area (Å²) < 4.78 is 5.55. The number of nitrogens with one attached hydrogen (secondary N) is 1. The summed E-state index contributed by atoms with van der Waals surface area (Å²) in [5, 5.41) is 3.59. The Balaban J connectivity index is 1.77. The molecule has 1 aliphatic rings. The first-order valence-electron chi connectivity index (χ1n) is 7.50. The molecule has 1 saturated heterocycles. The number of rotatable bonds is 5. The fourth-order valence-corrected chi connectivity index (χ4v) is 2.66. The molecule has 1 amide bonds. The van der Waals surface area contributed by atoms with Crippen LogP contribution in [0.3, 0.4) is 0 Å². The number of ether oxygens (including phenoxy) is 1. The summed E-state index contributed by atoms with van der Waals surface area (Å²) >= 11 is 6.03. The molecule has 1 heterocycles. The van der Waals surface area contributed by atoms with Crippen LogP contribution in [0.25, 0.3) is 0 Å². The van der Waals surface area contributed by atoms with E-state index in [1.807, 2.05) is 19.1 Å². The highest BCUT2D eigenvalue weighted by Crippen LogP contribution is 2.24. The number of likely N-dealkylation sites (N-methyl/N-ethyl adjacent to an activating group) is 2. The molecule has 1 N–H and O–H groups in total. The number of carbonyl (C=O) groups is 1. The average molecular weight is 326 g/mol. The first kappa shape index (κ1) is 17.1. The molecule has 22 heavy (non-hydrogen) atoms. The molecule has 5 nitrogen and oxygen atoms in total. The molecule has 1 aliphatic heterocycles. The number of halogens is 1. The third-order valence-electron chi connectivity index (χ3n) is 4.09. The van der Waals surface area contributed by atoms with E-state index in [1.165, 1.54) is 0 Å². The Bertz CT molecular complexity index is 524. The van der Waals surface area contributed by atoms with Crippen molar-refractivity contribution in [2.45, 2.75) is 13.0 Å². The zero-order chi connectivity index (χ0) is 16.1. The number of carbonyl (C=O) groups excluding carboxylic acids is 1. The van der Waals surface area contributed by atoms with Crippen molar-refractivity contribution in [3.63, 3.8) is 0 Å². The van der Waals surface area contributed by atoms with Crippen molar-refractivity contribution in [2.75, 3.05) is 46.9 Å². The molecule has 0 radical (unpaired) electrons. The summed E-state index contributed by atoms with van der Waals surface area (Å²) in [6, 6.07) is 5.78. The van der Waals surface area contributed by atoms with Gasteiger partial charge in [0, 0.05) is 42.8 Å². The summed E-state index contributed by atoms with van der Waals surface area (Å²) in [4.78, 5) is 16.5. The van der Waals surface area contributed by atoms with Crippen LogP contribution in [-0.2, 0) is 4.79 Å². The van der Waals surface area contributed by atoms with Crippen LogP contribution in [0, 0.1) is 6.92 Å². The zero-order valence-corrected chi connectivity index (χ0v) is 14.2. The number of benzene rings is 1. The molecule has 1 aromatic carbocycles. The molecule has 122 valence electrons. The summed E-state index contributed by atoms with van der Waals surface area (Å²) in [5.74, 6) is 0.540. The lowest BCUT2D eigenvalue weighted by Gasteiger charge is -2.37. The number of nitrogens with zero attached hydrogens (tertiary/aromatic N) is 2. The van der Waals surface area contributed by atoms with E-state index < -0.39 is 0 Å². The SMILES string of the molecule is Cc1c(Cl)cccc1OCC(=O)NCC1CN(C)CCN1C. The van der Waals surface area contributed by atoms with Crippen molar-refractivity contribution < 1.29 is 9.53 Å². The van der Waals surface area contributed by atoms with Gasteiger partial charge in [0.2, 0.25) is 0 Å². The lowest BCUT2D eigenvalue weighted by atomic mass is 10.2.